The number of para-hydroxylation sites is 1. The first-order chi connectivity index (χ1) is 8.34. The van der Waals surface area contributed by atoms with Crippen LogP contribution in [-0.4, -0.2) is 9.55 Å². The van der Waals surface area contributed by atoms with Crippen molar-refractivity contribution in [2.45, 2.75) is 19.4 Å². The van der Waals surface area contributed by atoms with Crippen LogP contribution in [-0.2, 0) is 13.0 Å². The Morgan fingerprint density at radius 1 is 1.18 bits per heavy atom. The van der Waals surface area contributed by atoms with Gasteiger partial charge in [0.2, 0.25) is 0 Å². The second kappa shape index (κ2) is 3.00. The number of aryl methyl sites for hydroxylation is 2. The zero-order valence-electron chi connectivity index (χ0n) is 9.36. The number of fused-ring (bicyclic) bond motifs is 4. The Morgan fingerprint density at radius 2 is 2.06 bits per heavy atom. The molecule has 3 heterocycles. The Labute approximate surface area is 97.7 Å². The molecule has 2 aromatic heterocycles. The van der Waals surface area contributed by atoms with Crippen LogP contribution in [0.25, 0.3) is 21.8 Å². The van der Waals surface area contributed by atoms with Crippen LogP contribution in [0.2, 0.25) is 0 Å². The Kier molecular flexibility index (Phi) is 1.60. The minimum atomic E-state index is 0.149. The van der Waals surface area contributed by atoms with E-state index in [9.17, 15) is 4.79 Å². The summed E-state index contributed by atoms with van der Waals surface area (Å²) in [6.07, 6.45) is 4.25. The molecule has 4 rings (SSSR count). The molecule has 3 heteroatoms. The van der Waals surface area contributed by atoms with Crippen LogP contribution < -0.4 is 5.43 Å². The molecule has 0 saturated heterocycles. The van der Waals surface area contributed by atoms with Gasteiger partial charge in [0.15, 0.2) is 5.43 Å². The van der Waals surface area contributed by atoms with Gasteiger partial charge in [0.1, 0.15) is 0 Å². The fraction of sp³-hybridized carbons (Fsp3) is 0.214. The number of pyridine rings is 1. The normalized spacial score (nSPS) is 14.6. The summed E-state index contributed by atoms with van der Waals surface area (Å²) in [6.45, 7) is 1.04. The SMILES string of the molecule is O=c1c2ccccc2[nH]c2c3n(cc12)CCC3. The molecule has 0 unspecified atom stereocenters. The highest BCUT2D eigenvalue weighted by molar-refractivity contribution is 5.93. The van der Waals surface area contributed by atoms with Crippen molar-refractivity contribution in [1.82, 2.24) is 9.55 Å². The monoisotopic (exact) mass is 224 g/mol. The minimum absolute atomic E-state index is 0.149. The maximum atomic E-state index is 12.4. The number of aromatic amines is 1. The van der Waals surface area contributed by atoms with Gasteiger partial charge in [0.05, 0.1) is 10.9 Å². The molecule has 0 radical (unpaired) electrons. The van der Waals surface area contributed by atoms with Gasteiger partial charge in [-0.05, 0) is 25.0 Å². The Balaban J connectivity index is 2.27. The van der Waals surface area contributed by atoms with E-state index >= 15 is 0 Å². The molecular weight excluding hydrogens is 212 g/mol. The third-order valence-electron chi connectivity index (χ3n) is 3.68. The number of H-pyrrole nitrogens is 1. The van der Waals surface area contributed by atoms with E-state index < -0.39 is 0 Å². The number of aromatic nitrogens is 2. The van der Waals surface area contributed by atoms with Crippen molar-refractivity contribution < 1.29 is 0 Å². The van der Waals surface area contributed by atoms with Crippen LogP contribution in [0.15, 0.2) is 35.3 Å². The van der Waals surface area contributed by atoms with E-state index in [1.54, 1.807) is 0 Å². The molecule has 0 spiro atoms. The van der Waals surface area contributed by atoms with Crippen molar-refractivity contribution in [3.8, 4) is 0 Å². The molecule has 3 aromatic rings. The molecule has 1 aliphatic heterocycles. The van der Waals surface area contributed by atoms with E-state index in [4.69, 9.17) is 0 Å². The first-order valence-electron chi connectivity index (χ1n) is 5.97. The number of nitrogens with one attached hydrogen (secondary N) is 1. The quantitative estimate of drug-likeness (QED) is 0.625. The van der Waals surface area contributed by atoms with Gasteiger partial charge in [-0.3, -0.25) is 4.79 Å². The predicted molar refractivity (Wildman–Crippen MR) is 68.4 cm³/mol. The Hall–Kier alpha value is -2.03. The second-order valence-corrected chi connectivity index (χ2v) is 4.66. The molecule has 1 aliphatic rings. The summed E-state index contributed by atoms with van der Waals surface area (Å²) in [5.74, 6) is 0. The van der Waals surface area contributed by atoms with Crippen molar-refractivity contribution in [2.75, 3.05) is 0 Å². The van der Waals surface area contributed by atoms with Gasteiger partial charge in [0.25, 0.3) is 0 Å². The number of benzene rings is 1. The summed E-state index contributed by atoms with van der Waals surface area (Å²) in [6, 6.07) is 7.72. The largest absolute Gasteiger partial charge is 0.353 e. The standard InChI is InChI=1S/C14H12N2O/c17-14-9-4-1-2-5-11(9)15-13-10(14)8-16-7-3-6-12(13)16/h1-2,4-5,8,15H,3,6-7H2. The predicted octanol–water partition coefficient (Wildman–Crippen LogP) is 2.43. The van der Waals surface area contributed by atoms with Crippen LogP contribution >= 0.6 is 0 Å². The third-order valence-corrected chi connectivity index (χ3v) is 3.68. The molecule has 1 aromatic carbocycles. The molecule has 0 atom stereocenters. The zero-order valence-corrected chi connectivity index (χ0v) is 9.36. The highest BCUT2D eigenvalue weighted by Crippen LogP contribution is 2.25. The Morgan fingerprint density at radius 3 is 3.00 bits per heavy atom. The molecule has 3 nitrogen and oxygen atoms in total. The van der Waals surface area contributed by atoms with Crippen molar-refractivity contribution in [3.05, 3.63) is 46.4 Å². The second-order valence-electron chi connectivity index (χ2n) is 4.66. The fourth-order valence-electron chi connectivity index (χ4n) is 2.86. The summed E-state index contributed by atoms with van der Waals surface area (Å²) in [5.41, 5.74) is 3.40. The van der Waals surface area contributed by atoms with E-state index in [1.807, 2.05) is 30.5 Å². The first kappa shape index (κ1) is 9.05. The van der Waals surface area contributed by atoms with Gasteiger partial charge in [-0.25, -0.2) is 0 Å². The average molecular weight is 224 g/mol. The summed E-state index contributed by atoms with van der Waals surface area (Å²) in [5, 5.41) is 1.61. The summed E-state index contributed by atoms with van der Waals surface area (Å²) in [7, 11) is 0. The van der Waals surface area contributed by atoms with Crippen molar-refractivity contribution >= 4 is 21.8 Å². The molecule has 84 valence electrons. The van der Waals surface area contributed by atoms with Gasteiger partial charge in [-0.2, -0.15) is 0 Å². The highest BCUT2D eigenvalue weighted by atomic mass is 16.1. The van der Waals surface area contributed by atoms with Gasteiger partial charge < -0.3 is 9.55 Å². The number of hydrogen-bond donors (Lipinski definition) is 1. The lowest BCUT2D eigenvalue weighted by Crippen LogP contribution is -2.02. The number of hydrogen-bond acceptors (Lipinski definition) is 1. The number of nitrogens with zero attached hydrogens (tertiary/aromatic N) is 1. The molecule has 17 heavy (non-hydrogen) atoms. The van der Waals surface area contributed by atoms with E-state index in [2.05, 4.69) is 9.55 Å². The van der Waals surface area contributed by atoms with E-state index in [-0.39, 0.29) is 5.43 Å². The van der Waals surface area contributed by atoms with E-state index in [0.717, 1.165) is 34.8 Å². The first-order valence-corrected chi connectivity index (χ1v) is 5.97. The van der Waals surface area contributed by atoms with Crippen LogP contribution in [0.1, 0.15) is 12.1 Å². The third kappa shape index (κ3) is 1.08. The van der Waals surface area contributed by atoms with E-state index in [1.165, 1.54) is 12.1 Å². The minimum Gasteiger partial charge on any atom is -0.353 e. The van der Waals surface area contributed by atoms with Gasteiger partial charge in [-0.1, -0.05) is 12.1 Å². The van der Waals surface area contributed by atoms with Gasteiger partial charge in [-0.15, -0.1) is 0 Å². The van der Waals surface area contributed by atoms with Crippen LogP contribution in [0.5, 0.6) is 0 Å². The molecule has 1 N–H and O–H groups in total. The van der Waals surface area contributed by atoms with Crippen molar-refractivity contribution in [1.29, 1.82) is 0 Å². The maximum Gasteiger partial charge on any atom is 0.198 e. The lowest BCUT2D eigenvalue weighted by Gasteiger charge is -1.99. The summed E-state index contributed by atoms with van der Waals surface area (Å²) < 4.78 is 2.21. The van der Waals surface area contributed by atoms with Crippen molar-refractivity contribution in [2.24, 2.45) is 0 Å². The lowest BCUT2D eigenvalue weighted by molar-refractivity contribution is 0.752. The maximum absolute atomic E-state index is 12.4. The fourth-order valence-corrected chi connectivity index (χ4v) is 2.86. The average Bonchev–Trinajstić information content (AvgIpc) is 2.91. The van der Waals surface area contributed by atoms with Gasteiger partial charge in [0, 0.05) is 29.3 Å². The van der Waals surface area contributed by atoms with Crippen molar-refractivity contribution in [3.63, 3.8) is 0 Å². The van der Waals surface area contributed by atoms with Crippen LogP contribution in [0.4, 0.5) is 0 Å². The molecule has 0 saturated carbocycles. The summed E-state index contributed by atoms with van der Waals surface area (Å²) >= 11 is 0. The zero-order chi connectivity index (χ0) is 11.4. The number of rotatable bonds is 0. The van der Waals surface area contributed by atoms with Crippen LogP contribution in [0.3, 0.4) is 0 Å². The van der Waals surface area contributed by atoms with E-state index in [0.29, 0.717) is 0 Å². The smallest absolute Gasteiger partial charge is 0.198 e. The molecule has 0 fully saturated rings. The van der Waals surface area contributed by atoms with Crippen LogP contribution in [0, 0.1) is 0 Å². The molecule has 0 bridgehead atoms. The summed E-state index contributed by atoms with van der Waals surface area (Å²) in [4.78, 5) is 15.8. The highest BCUT2D eigenvalue weighted by Gasteiger charge is 2.17. The topological polar surface area (TPSA) is 37.8 Å². The Bertz CT molecular complexity index is 795. The molecule has 0 aliphatic carbocycles. The van der Waals surface area contributed by atoms with Gasteiger partial charge >= 0.3 is 0 Å². The molecular formula is C14H12N2O. The molecule has 0 amide bonds. The lowest BCUT2D eigenvalue weighted by atomic mass is 10.1.